The molecule has 22 heavy (non-hydrogen) atoms. The van der Waals surface area contributed by atoms with E-state index in [0.29, 0.717) is 16.7 Å². The molecule has 0 amide bonds. The summed E-state index contributed by atoms with van der Waals surface area (Å²) in [5.41, 5.74) is 0.714. The molecule has 6 heteroatoms. The van der Waals surface area contributed by atoms with E-state index < -0.39 is 23.8 Å². The van der Waals surface area contributed by atoms with Crippen molar-refractivity contribution in [1.29, 1.82) is 0 Å². The average molecular weight is 308 g/mol. The summed E-state index contributed by atoms with van der Waals surface area (Å²) in [6, 6.07) is 9.96. The quantitative estimate of drug-likeness (QED) is 0.900. The van der Waals surface area contributed by atoms with Crippen LogP contribution in [-0.4, -0.2) is 11.1 Å². The number of hydrogen-bond acceptors (Lipinski definition) is 2. The van der Waals surface area contributed by atoms with E-state index in [2.05, 4.69) is 0 Å². The first-order valence-corrected chi connectivity index (χ1v) is 6.55. The van der Waals surface area contributed by atoms with Gasteiger partial charge in [-0.05, 0) is 23.8 Å². The molecule has 1 atom stereocenters. The van der Waals surface area contributed by atoms with Gasteiger partial charge in [-0.15, -0.1) is 0 Å². The Labute approximate surface area is 124 Å². The summed E-state index contributed by atoms with van der Waals surface area (Å²) in [4.78, 5) is 10.9. The van der Waals surface area contributed by atoms with Gasteiger partial charge in [0.1, 0.15) is 11.9 Å². The molecule has 1 aliphatic heterocycles. The van der Waals surface area contributed by atoms with Crippen LogP contribution in [0.5, 0.6) is 5.75 Å². The Morgan fingerprint density at radius 1 is 1.14 bits per heavy atom. The summed E-state index contributed by atoms with van der Waals surface area (Å²) in [7, 11) is 0. The van der Waals surface area contributed by atoms with Gasteiger partial charge in [0.05, 0.1) is 12.0 Å². The molecule has 2 aromatic rings. The van der Waals surface area contributed by atoms with Crippen molar-refractivity contribution in [2.24, 2.45) is 0 Å². The van der Waals surface area contributed by atoms with Crippen molar-refractivity contribution in [3.05, 3.63) is 53.6 Å². The molecule has 0 bridgehead atoms. The van der Waals surface area contributed by atoms with Gasteiger partial charge in [-0.25, -0.2) is 0 Å². The van der Waals surface area contributed by atoms with E-state index in [9.17, 15) is 18.0 Å². The lowest BCUT2D eigenvalue weighted by molar-refractivity contribution is -0.139. The third-order valence-electron chi connectivity index (χ3n) is 3.53. The van der Waals surface area contributed by atoms with Crippen molar-refractivity contribution in [3.63, 3.8) is 0 Å². The van der Waals surface area contributed by atoms with Crippen LogP contribution >= 0.6 is 0 Å². The molecular weight excluding hydrogens is 297 g/mol. The summed E-state index contributed by atoms with van der Waals surface area (Å²) in [6.07, 6.45) is -5.41. The maximum absolute atomic E-state index is 12.9. The molecule has 0 aromatic heterocycles. The molecule has 0 spiro atoms. The average Bonchev–Trinajstić information content (AvgIpc) is 2.45. The minimum absolute atomic E-state index is 0.253. The maximum Gasteiger partial charge on any atom is 0.416 e. The summed E-state index contributed by atoms with van der Waals surface area (Å²) in [6.45, 7) is 0. The molecular formula is C16H11F3O3. The molecule has 0 aliphatic carbocycles. The zero-order valence-corrected chi connectivity index (χ0v) is 11.2. The molecule has 0 radical (unpaired) electrons. The number of carboxylic acid groups (broad SMARTS) is 1. The topological polar surface area (TPSA) is 46.5 Å². The molecule has 3 rings (SSSR count). The lowest BCUT2D eigenvalue weighted by atomic mass is 9.90. The van der Waals surface area contributed by atoms with Gasteiger partial charge in [0, 0.05) is 11.1 Å². The lowest BCUT2D eigenvalue weighted by Crippen LogP contribution is -2.18. The zero-order valence-electron chi connectivity index (χ0n) is 11.2. The van der Waals surface area contributed by atoms with Crippen LogP contribution in [-0.2, 0) is 11.0 Å². The highest BCUT2D eigenvalue weighted by Crippen LogP contribution is 2.45. The van der Waals surface area contributed by atoms with Gasteiger partial charge in [0.2, 0.25) is 0 Å². The molecule has 1 unspecified atom stereocenters. The maximum atomic E-state index is 12.9. The first-order valence-electron chi connectivity index (χ1n) is 6.55. The van der Waals surface area contributed by atoms with Crippen LogP contribution in [0.2, 0.25) is 0 Å². The monoisotopic (exact) mass is 308 g/mol. The van der Waals surface area contributed by atoms with Crippen LogP contribution in [0.15, 0.2) is 42.5 Å². The molecule has 2 aromatic carbocycles. The van der Waals surface area contributed by atoms with E-state index in [1.807, 2.05) is 0 Å². The molecule has 3 nitrogen and oxygen atoms in total. The van der Waals surface area contributed by atoms with Crippen molar-refractivity contribution >= 4 is 5.97 Å². The second-order valence-electron chi connectivity index (χ2n) is 5.00. The Morgan fingerprint density at radius 3 is 2.55 bits per heavy atom. The van der Waals surface area contributed by atoms with Crippen molar-refractivity contribution in [2.45, 2.75) is 18.7 Å². The molecule has 0 saturated heterocycles. The van der Waals surface area contributed by atoms with Crippen molar-refractivity contribution in [1.82, 2.24) is 0 Å². The van der Waals surface area contributed by atoms with Gasteiger partial charge in [-0.3, -0.25) is 4.79 Å². The number of alkyl halides is 3. The van der Waals surface area contributed by atoms with E-state index in [0.717, 1.165) is 12.1 Å². The highest BCUT2D eigenvalue weighted by molar-refractivity contribution is 5.78. The molecule has 0 saturated carbocycles. The fourth-order valence-corrected chi connectivity index (χ4v) is 2.57. The highest BCUT2D eigenvalue weighted by atomic mass is 19.4. The van der Waals surface area contributed by atoms with Gasteiger partial charge < -0.3 is 9.84 Å². The van der Waals surface area contributed by atoms with Crippen LogP contribution in [0.1, 0.15) is 23.7 Å². The normalized spacial score (nSPS) is 16.4. The van der Waals surface area contributed by atoms with E-state index in [4.69, 9.17) is 9.84 Å². The summed E-state index contributed by atoms with van der Waals surface area (Å²) in [5.74, 6) is -0.770. The number of ether oxygens (including phenoxy) is 1. The fourth-order valence-electron chi connectivity index (χ4n) is 2.57. The second kappa shape index (κ2) is 5.05. The molecule has 0 fully saturated rings. The minimum atomic E-state index is -4.44. The number of aliphatic carboxylic acids is 1. The van der Waals surface area contributed by atoms with Gasteiger partial charge in [-0.1, -0.05) is 24.3 Å². The number of hydrogen-bond donors (Lipinski definition) is 1. The highest BCUT2D eigenvalue weighted by Gasteiger charge is 2.34. The number of halogens is 3. The molecule has 1 aliphatic rings. The number of benzene rings is 2. The second-order valence-corrected chi connectivity index (χ2v) is 5.00. The Hall–Kier alpha value is -2.50. The van der Waals surface area contributed by atoms with Crippen LogP contribution in [0.4, 0.5) is 13.2 Å². The third-order valence-corrected chi connectivity index (χ3v) is 3.53. The van der Waals surface area contributed by atoms with Crippen LogP contribution in [0, 0.1) is 0 Å². The van der Waals surface area contributed by atoms with E-state index in [1.165, 1.54) is 6.07 Å². The summed E-state index contributed by atoms with van der Waals surface area (Å²) in [5, 5.41) is 8.96. The van der Waals surface area contributed by atoms with Crippen LogP contribution in [0.25, 0.3) is 11.1 Å². The SMILES string of the molecule is O=C(O)CC1Oc2ccc(C(F)(F)F)cc2-c2ccccc21. The lowest BCUT2D eigenvalue weighted by Gasteiger charge is -2.28. The number of carboxylic acids is 1. The Balaban J connectivity index is 2.13. The Kier molecular flexibility index (Phi) is 3.31. The van der Waals surface area contributed by atoms with E-state index in [-0.39, 0.29) is 12.2 Å². The standard InChI is InChI=1S/C16H11F3O3/c17-16(18,19)9-5-6-13-12(7-9)10-3-1-2-4-11(10)14(22-13)8-15(20)21/h1-7,14H,8H2,(H,20,21). The predicted octanol–water partition coefficient (Wildman–Crippen LogP) is 4.28. The van der Waals surface area contributed by atoms with Crippen molar-refractivity contribution in [2.75, 3.05) is 0 Å². The van der Waals surface area contributed by atoms with Gasteiger partial charge in [0.25, 0.3) is 0 Å². The van der Waals surface area contributed by atoms with Crippen LogP contribution < -0.4 is 4.74 Å². The largest absolute Gasteiger partial charge is 0.484 e. The Bertz CT molecular complexity index is 738. The van der Waals surface area contributed by atoms with E-state index >= 15 is 0 Å². The number of carbonyl (C=O) groups is 1. The predicted molar refractivity (Wildman–Crippen MR) is 72.5 cm³/mol. The van der Waals surface area contributed by atoms with Crippen molar-refractivity contribution in [3.8, 4) is 16.9 Å². The van der Waals surface area contributed by atoms with Crippen molar-refractivity contribution < 1.29 is 27.8 Å². The third kappa shape index (κ3) is 2.52. The first-order chi connectivity index (χ1) is 10.4. The first kappa shape index (κ1) is 14.4. The number of fused-ring (bicyclic) bond motifs is 3. The molecule has 114 valence electrons. The van der Waals surface area contributed by atoms with Gasteiger partial charge in [-0.2, -0.15) is 13.2 Å². The summed E-state index contributed by atoms with van der Waals surface area (Å²) < 4.78 is 44.2. The van der Waals surface area contributed by atoms with Gasteiger partial charge in [0.15, 0.2) is 0 Å². The Morgan fingerprint density at radius 2 is 1.86 bits per heavy atom. The summed E-state index contributed by atoms with van der Waals surface area (Å²) >= 11 is 0. The molecule has 1 heterocycles. The van der Waals surface area contributed by atoms with E-state index in [1.54, 1.807) is 24.3 Å². The van der Waals surface area contributed by atoms with Crippen LogP contribution in [0.3, 0.4) is 0 Å². The zero-order chi connectivity index (χ0) is 15.9. The number of rotatable bonds is 2. The molecule has 1 N–H and O–H groups in total. The van der Waals surface area contributed by atoms with Gasteiger partial charge >= 0.3 is 12.1 Å². The smallest absolute Gasteiger partial charge is 0.416 e. The fraction of sp³-hybridized carbons (Fsp3) is 0.188. The minimum Gasteiger partial charge on any atom is -0.484 e.